The summed E-state index contributed by atoms with van der Waals surface area (Å²) in [5, 5.41) is 3.96. The topological polar surface area (TPSA) is 74.2 Å². The van der Waals surface area contributed by atoms with Crippen LogP contribution in [0.4, 0.5) is 5.69 Å². The van der Waals surface area contributed by atoms with Gasteiger partial charge in [0.1, 0.15) is 5.75 Å². The Morgan fingerprint density at radius 2 is 2.00 bits per heavy atom. The van der Waals surface area contributed by atoms with Crippen molar-refractivity contribution < 1.29 is 9.26 Å². The summed E-state index contributed by atoms with van der Waals surface area (Å²) in [7, 11) is 0. The third-order valence-electron chi connectivity index (χ3n) is 3.01. The highest BCUT2D eigenvalue weighted by molar-refractivity contribution is 5.55. The van der Waals surface area contributed by atoms with E-state index < -0.39 is 0 Å². The van der Waals surface area contributed by atoms with Gasteiger partial charge in [-0.25, -0.2) is 0 Å². The highest BCUT2D eigenvalue weighted by Gasteiger charge is 2.10. The number of benzene rings is 2. The summed E-state index contributed by atoms with van der Waals surface area (Å²) in [5.74, 6) is 1.57. The lowest BCUT2D eigenvalue weighted by Crippen LogP contribution is -1.98. The van der Waals surface area contributed by atoms with Crippen molar-refractivity contribution >= 4 is 5.69 Å². The second kappa shape index (κ2) is 5.66. The molecule has 0 aliphatic carbocycles. The normalized spacial score (nSPS) is 10.5. The molecule has 5 nitrogen and oxygen atoms in total. The number of nitrogen functional groups attached to an aromatic ring is 1. The van der Waals surface area contributed by atoms with Gasteiger partial charge < -0.3 is 15.0 Å². The molecule has 0 saturated carbocycles. The van der Waals surface area contributed by atoms with Gasteiger partial charge in [-0.2, -0.15) is 4.98 Å². The second-order valence-corrected chi connectivity index (χ2v) is 4.71. The van der Waals surface area contributed by atoms with E-state index in [-0.39, 0.29) is 6.61 Å². The van der Waals surface area contributed by atoms with Gasteiger partial charge in [-0.1, -0.05) is 41.1 Å². The van der Waals surface area contributed by atoms with E-state index in [9.17, 15) is 0 Å². The lowest BCUT2D eigenvalue weighted by atomic mass is 10.1. The van der Waals surface area contributed by atoms with E-state index in [0.717, 1.165) is 11.1 Å². The summed E-state index contributed by atoms with van der Waals surface area (Å²) in [5.41, 5.74) is 8.45. The Morgan fingerprint density at radius 1 is 1.14 bits per heavy atom. The van der Waals surface area contributed by atoms with Crippen LogP contribution in [0.1, 0.15) is 11.5 Å². The highest BCUT2D eigenvalue weighted by Crippen LogP contribution is 2.22. The summed E-state index contributed by atoms with van der Waals surface area (Å²) in [4.78, 5) is 4.32. The molecule has 0 unspecified atom stereocenters. The van der Waals surface area contributed by atoms with Crippen LogP contribution in [0.15, 0.2) is 53.1 Å². The lowest BCUT2D eigenvalue weighted by molar-refractivity contribution is 0.244. The van der Waals surface area contributed by atoms with Crippen LogP contribution in [-0.4, -0.2) is 10.1 Å². The third-order valence-corrected chi connectivity index (χ3v) is 3.01. The number of nitrogens with zero attached hydrogens (tertiary/aromatic N) is 2. The summed E-state index contributed by atoms with van der Waals surface area (Å²) in [6.45, 7) is 2.21. The van der Waals surface area contributed by atoms with Gasteiger partial charge in [0.15, 0.2) is 6.61 Å². The molecule has 2 aromatic carbocycles. The van der Waals surface area contributed by atoms with Crippen molar-refractivity contribution in [3.63, 3.8) is 0 Å². The molecule has 0 radical (unpaired) electrons. The summed E-state index contributed by atoms with van der Waals surface area (Å²) < 4.78 is 10.8. The van der Waals surface area contributed by atoms with Crippen molar-refractivity contribution in [3.05, 3.63) is 60.0 Å². The first kappa shape index (κ1) is 13.2. The van der Waals surface area contributed by atoms with Crippen LogP contribution in [0.25, 0.3) is 11.4 Å². The Balaban J connectivity index is 1.72. The Hall–Kier alpha value is -2.82. The standard InChI is InChI=1S/C16H15N3O2/c1-11-5-4-6-12(9-11)16-18-15(21-19-16)10-20-14-8-3-2-7-13(14)17/h2-9H,10,17H2,1H3. The number of ether oxygens (including phenoxy) is 1. The van der Waals surface area contributed by atoms with Crippen LogP contribution in [0, 0.1) is 6.92 Å². The fraction of sp³-hybridized carbons (Fsp3) is 0.125. The molecule has 106 valence electrons. The first-order valence-electron chi connectivity index (χ1n) is 6.59. The molecule has 2 N–H and O–H groups in total. The first-order chi connectivity index (χ1) is 10.2. The van der Waals surface area contributed by atoms with Crippen LogP contribution in [-0.2, 0) is 6.61 Å². The molecule has 3 rings (SSSR count). The predicted octanol–water partition coefficient (Wildman–Crippen LogP) is 3.21. The fourth-order valence-electron chi connectivity index (χ4n) is 1.97. The van der Waals surface area contributed by atoms with Gasteiger partial charge in [-0.3, -0.25) is 0 Å². The second-order valence-electron chi connectivity index (χ2n) is 4.71. The molecule has 1 aromatic heterocycles. The number of hydrogen-bond donors (Lipinski definition) is 1. The SMILES string of the molecule is Cc1cccc(-c2noc(COc3ccccc3N)n2)c1. The van der Waals surface area contributed by atoms with Gasteiger partial charge in [0.25, 0.3) is 5.89 Å². The Kier molecular flexibility index (Phi) is 3.55. The van der Waals surface area contributed by atoms with Crippen molar-refractivity contribution in [1.29, 1.82) is 0 Å². The Morgan fingerprint density at radius 3 is 2.81 bits per heavy atom. The van der Waals surface area contributed by atoms with Gasteiger partial charge in [0.2, 0.25) is 5.82 Å². The molecule has 0 bridgehead atoms. The lowest BCUT2D eigenvalue weighted by Gasteiger charge is -2.05. The number of rotatable bonds is 4. The zero-order chi connectivity index (χ0) is 14.7. The number of hydrogen-bond acceptors (Lipinski definition) is 5. The van der Waals surface area contributed by atoms with Gasteiger partial charge in [0.05, 0.1) is 5.69 Å². The summed E-state index contributed by atoms with van der Waals surface area (Å²) in [6, 6.07) is 15.2. The number of anilines is 1. The molecule has 0 amide bonds. The van der Waals surface area contributed by atoms with Crippen molar-refractivity contribution in [2.45, 2.75) is 13.5 Å². The molecule has 0 fully saturated rings. The van der Waals surface area contributed by atoms with Crippen LogP contribution in [0.3, 0.4) is 0 Å². The molecule has 0 aliphatic rings. The van der Waals surface area contributed by atoms with E-state index in [1.54, 1.807) is 12.1 Å². The van der Waals surface area contributed by atoms with Crippen molar-refractivity contribution in [2.75, 3.05) is 5.73 Å². The molecule has 0 saturated heterocycles. The van der Waals surface area contributed by atoms with Crippen LogP contribution in [0.5, 0.6) is 5.75 Å². The molecule has 0 atom stereocenters. The smallest absolute Gasteiger partial charge is 0.264 e. The number of para-hydroxylation sites is 2. The molecule has 5 heteroatoms. The zero-order valence-corrected chi connectivity index (χ0v) is 11.6. The molecule has 0 aliphatic heterocycles. The minimum atomic E-state index is 0.188. The number of aryl methyl sites for hydroxylation is 1. The number of aromatic nitrogens is 2. The first-order valence-corrected chi connectivity index (χ1v) is 6.59. The van der Waals surface area contributed by atoms with E-state index in [0.29, 0.717) is 23.2 Å². The highest BCUT2D eigenvalue weighted by atomic mass is 16.5. The van der Waals surface area contributed by atoms with E-state index >= 15 is 0 Å². The van der Waals surface area contributed by atoms with Gasteiger partial charge in [0, 0.05) is 5.56 Å². The average molecular weight is 281 g/mol. The molecule has 3 aromatic rings. The van der Waals surface area contributed by atoms with Crippen LogP contribution >= 0.6 is 0 Å². The van der Waals surface area contributed by atoms with Crippen molar-refractivity contribution in [3.8, 4) is 17.1 Å². The van der Waals surface area contributed by atoms with Crippen molar-refractivity contribution in [1.82, 2.24) is 10.1 Å². The fourth-order valence-corrected chi connectivity index (χ4v) is 1.97. The minimum Gasteiger partial charge on any atom is -0.482 e. The van der Waals surface area contributed by atoms with Gasteiger partial charge >= 0.3 is 0 Å². The zero-order valence-electron chi connectivity index (χ0n) is 11.6. The molecule has 21 heavy (non-hydrogen) atoms. The van der Waals surface area contributed by atoms with Crippen LogP contribution < -0.4 is 10.5 Å². The molecular formula is C16H15N3O2. The maximum atomic E-state index is 5.81. The monoisotopic (exact) mass is 281 g/mol. The average Bonchev–Trinajstić information content (AvgIpc) is 2.95. The largest absolute Gasteiger partial charge is 0.482 e. The van der Waals surface area contributed by atoms with Gasteiger partial charge in [-0.05, 0) is 25.1 Å². The van der Waals surface area contributed by atoms with E-state index in [2.05, 4.69) is 10.1 Å². The van der Waals surface area contributed by atoms with Crippen molar-refractivity contribution in [2.24, 2.45) is 0 Å². The quantitative estimate of drug-likeness (QED) is 0.743. The Labute approximate surface area is 122 Å². The molecule has 1 heterocycles. The van der Waals surface area contributed by atoms with E-state index in [1.165, 1.54) is 0 Å². The minimum absolute atomic E-state index is 0.188. The molecular weight excluding hydrogens is 266 g/mol. The Bertz CT molecular complexity index is 753. The maximum Gasteiger partial charge on any atom is 0.264 e. The molecule has 0 spiro atoms. The summed E-state index contributed by atoms with van der Waals surface area (Å²) >= 11 is 0. The van der Waals surface area contributed by atoms with Crippen LogP contribution in [0.2, 0.25) is 0 Å². The van der Waals surface area contributed by atoms with E-state index in [4.69, 9.17) is 15.0 Å². The van der Waals surface area contributed by atoms with E-state index in [1.807, 2.05) is 43.3 Å². The van der Waals surface area contributed by atoms with Gasteiger partial charge in [-0.15, -0.1) is 0 Å². The predicted molar refractivity (Wildman–Crippen MR) is 79.7 cm³/mol. The third kappa shape index (κ3) is 3.02. The maximum absolute atomic E-state index is 5.81. The number of nitrogens with two attached hydrogens (primary N) is 1. The summed E-state index contributed by atoms with van der Waals surface area (Å²) in [6.07, 6.45) is 0.